The summed E-state index contributed by atoms with van der Waals surface area (Å²) in [6.07, 6.45) is 0.975. The normalized spacial score (nSPS) is 26.7. The van der Waals surface area contributed by atoms with Gasteiger partial charge in [-0.2, -0.15) is 0 Å². The number of likely N-dealkylation sites (tertiary alicyclic amines) is 1. The van der Waals surface area contributed by atoms with Crippen molar-refractivity contribution in [1.29, 1.82) is 0 Å². The van der Waals surface area contributed by atoms with Crippen LogP contribution in [0.3, 0.4) is 0 Å². The molecular formula is C12H21N3O3. The number of hydrogen-bond acceptors (Lipinski definition) is 3. The van der Waals surface area contributed by atoms with Gasteiger partial charge in [-0.15, -0.1) is 0 Å². The molecule has 1 N–H and O–H groups in total. The van der Waals surface area contributed by atoms with E-state index in [4.69, 9.17) is 5.11 Å². The summed E-state index contributed by atoms with van der Waals surface area (Å²) in [6.45, 7) is 5.40. The predicted octanol–water partition coefficient (Wildman–Crippen LogP) is 0.149. The van der Waals surface area contributed by atoms with Crippen molar-refractivity contribution in [3.8, 4) is 0 Å². The van der Waals surface area contributed by atoms with E-state index >= 15 is 0 Å². The molecule has 102 valence electrons. The van der Waals surface area contributed by atoms with Gasteiger partial charge in [0.1, 0.15) is 0 Å². The molecule has 1 unspecified atom stereocenters. The average molecular weight is 255 g/mol. The molecule has 6 heteroatoms. The minimum absolute atomic E-state index is 0.00435. The molecule has 2 rings (SSSR count). The summed E-state index contributed by atoms with van der Waals surface area (Å²) in [6, 6.07) is 0.184. The molecule has 0 bridgehead atoms. The van der Waals surface area contributed by atoms with Crippen molar-refractivity contribution in [2.45, 2.75) is 19.4 Å². The van der Waals surface area contributed by atoms with E-state index in [2.05, 4.69) is 11.9 Å². The maximum atomic E-state index is 12.3. The summed E-state index contributed by atoms with van der Waals surface area (Å²) >= 11 is 0. The van der Waals surface area contributed by atoms with Gasteiger partial charge >= 0.3 is 12.0 Å². The van der Waals surface area contributed by atoms with Gasteiger partial charge in [-0.1, -0.05) is 0 Å². The van der Waals surface area contributed by atoms with Gasteiger partial charge in [-0.3, -0.25) is 4.79 Å². The van der Waals surface area contributed by atoms with Gasteiger partial charge in [-0.05, 0) is 26.9 Å². The van der Waals surface area contributed by atoms with Crippen molar-refractivity contribution in [3.05, 3.63) is 0 Å². The van der Waals surface area contributed by atoms with Crippen LogP contribution < -0.4 is 0 Å². The van der Waals surface area contributed by atoms with Gasteiger partial charge in [0.15, 0.2) is 0 Å². The molecule has 6 nitrogen and oxygen atoms in total. The van der Waals surface area contributed by atoms with Gasteiger partial charge in [0, 0.05) is 32.2 Å². The third-order valence-electron chi connectivity index (χ3n) is 3.79. The third-order valence-corrected chi connectivity index (χ3v) is 3.79. The molecule has 18 heavy (non-hydrogen) atoms. The largest absolute Gasteiger partial charge is 0.481 e. The maximum absolute atomic E-state index is 12.3. The molecule has 0 aliphatic carbocycles. The first kappa shape index (κ1) is 13.1. The summed E-state index contributed by atoms with van der Waals surface area (Å²) < 4.78 is 0. The summed E-state index contributed by atoms with van der Waals surface area (Å²) in [5.74, 6) is -1.18. The Hall–Kier alpha value is -1.30. The van der Waals surface area contributed by atoms with Crippen molar-refractivity contribution in [2.75, 3.05) is 39.8 Å². The van der Waals surface area contributed by atoms with Crippen LogP contribution in [-0.2, 0) is 4.79 Å². The zero-order chi connectivity index (χ0) is 13.3. The van der Waals surface area contributed by atoms with Crippen molar-refractivity contribution >= 4 is 12.0 Å². The van der Waals surface area contributed by atoms with Crippen LogP contribution in [0.4, 0.5) is 4.79 Å². The predicted molar refractivity (Wildman–Crippen MR) is 66.4 cm³/mol. The van der Waals surface area contributed by atoms with Gasteiger partial charge in [0.25, 0.3) is 0 Å². The van der Waals surface area contributed by atoms with E-state index in [0.29, 0.717) is 13.1 Å². The lowest BCUT2D eigenvalue weighted by molar-refractivity contribution is -0.146. The highest BCUT2D eigenvalue weighted by molar-refractivity contribution is 5.80. The Morgan fingerprint density at radius 3 is 2.44 bits per heavy atom. The second kappa shape index (κ2) is 5.14. The molecule has 0 radical (unpaired) electrons. The molecular weight excluding hydrogens is 234 g/mol. The van der Waals surface area contributed by atoms with E-state index < -0.39 is 5.97 Å². The first-order valence-electron chi connectivity index (χ1n) is 6.46. The Morgan fingerprint density at radius 2 is 1.83 bits per heavy atom. The van der Waals surface area contributed by atoms with Crippen LogP contribution in [0.2, 0.25) is 0 Å². The van der Waals surface area contributed by atoms with Crippen LogP contribution in [0.5, 0.6) is 0 Å². The van der Waals surface area contributed by atoms with E-state index in [1.165, 1.54) is 0 Å². The van der Waals surface area contributed by atoms with Gasteiger partial charge in [0.2, 0.25) is 0 Å². The van der Waals surface area contributed by atoms with Crippen LogP contribution in [0.15, 0.2) is 0 Å². The molecule has 0 aromatic carbocycles. The van der Waals surface area contributed by atoms with Crippen LogP contribution in [0, 0.1) is 5.92 Å². The smallest absolute Gasteiger partial charge is 0.320 e. The quantitative estimate of drug-likeness (QED) is 0.724. The lowest BCUT2D eigenvalue weighted by atomic mass is 10.0. The Bertz CT molecular complexity index is 341. The fourth-order valence-electron chi connectivity index (χ4n) is 2.63. The number of nitrogens with zero attached hydrogens (tertiary/aromatic N) is 3. The van der Waals surface area contributed by atoms with Crippen molar-refractivity contribution < 1.29 is 14.7 Å². The molecule has 0 aromatic rings. The van der Waals surface area contributed by atoms with Gasteiger partial charge in [0.05, 0.1) is 5.92 Å². The summed E-state index contributed by atoms with van der Waals surface area (Å²) in [5, 5.41) is 8.82. The average Bonchev–Trinajstić information content (AvgIpc) is 2.36. The minimum Gasteiger partial charge on any atom is -0.481 e. The van der Waals surface area contributed by atoms with Crippen LogP contribution in [-0.4, -0.2) is 77.6 Å². The highest BCUT2D eigenvalue weighted by Crippen LogP contribution is 2.20. The highest BCUT2D eigenvalue weighted by Gasteiger charge is 2.38. The van der Waals surface area contributed by atoms with Crippen molar-refractivity contribution in [1.82, 2.24) is 14.7 Å². The van der Waals surface area contributed by atoms with E-state index in [9.17, 15) is 9.59 Å². The van der Waals surface area contributed by atoms with Crippen LogP contribution in [0.1, 0.15) is 13.3 Å². The number of carboxylic acid groups (broad SMARTS) is 1. The monoisotopic (exact) mass is 255 g/mol. The molecule has 0 spiro atoms. The second-order valence-electron chi connectivity index (χ2n) is 5.38. The molecule has 2 aliphatic heterocycles. The SMILES string of the molecule is CC1CN(C)CCCN1C(=O)N1CC(C(=O)O)C1. The number of amides is 2. The summed E-state index contributed by atoms with van der Waals surface area (Å²) in [7, 11) is 2.06. The van der Waals surface area contributed by atoms with Crippen LogP contribution in [0.25, 0.3) is 0 Å². The number of carbonyl (C=O) groups excluding carboxylic acids is 1. The van der Waals surface area contributed by atoms with E-state index in [-0.39, 0.29) is 18.0 Å². The van der Waals surface area contributed by atoms with Crippen LogP contribution >= 0.6 is 0 Å². The number of urea groups is 1. The number of hydrogen-bond donors (Lipinski definition) is 1. The van der Waals surface area contributed by atoms with Crippen molar-refractivity contribution in [2.24, 2.45) is 5.92 Å². The standard InChI is InChI=1S/C12H21N3O3/c1-9-6-13(2)4-3-5-15(9)12(18)14-7-10(8-14)11(16)17/h9-10H,3-8H2,1-2H3,(H,16,17). The Kier molecular flexibility index (Phi) is 3.75. The fraction of sp³-hybridized carbons (Fsp3) is 0.833. The molecule has 2 aliphatic rings. The fourth-order valence-corrected chi connectivity index (χ4v) is 2.63. The lowest BCUT2D eigenvalue weighted by Gasteiger charge is -2.41. The molecule has 0 saturated carbocycles. The topological polar surface area (TPSA) is 64.1 Å². The Morgan fingerprint density at radius 1 is 1.17 bits per heavy atom. The van der Waals surface area contributed by atoms with Gasteiger partial charge in [-0.25, -0.2) is 4.79 Å². The minimum atomic E-state index is -0.803. The zero-order valence-corrected chi connectivity index (χ0v) is 11.0. The molecule has 0 aromatic heterocycles. The lowest BCUT2D eigenvalue weighted by Crippen LogP contribution is -2.58. The molecule has 2 fully saturated rings. The van der Waals surface area contributed by atoms with E-state index in [0.717, 1.165) is 26.1 Å². The Balaban J connectivity index is 1.91. The number of rotatable bonds is 1. The van der Waals surface area contributed by atoms with E-state index in [1.54, 1.807) is 4.90 Å². The summed E-state index contributed by atoms with van der Waals surface area (Å²) in [4.78, 5) is 28.7. The first-order chi connectivity index (χ1) is 8.49. The molecule has 2 heterocycles. The number of likely N-dealkylation sites (N-methyl/N-ethyl adjacent to an activating group) is 1. The second-order valence-corrected chi connectivity index (χ2v) is 5.38. The van der Waals surface area contributed by atoms with Gasteiger partial charge < -0.3 is 19.8 Å². The molecule has 1 atom stereocenters. The first-order valence-corrected chi connectivity index (χ1v) is 6.46. The third kappa shape index (κ3) is 2.58. The number of aliphatic carboxylic acids is 1. The van der Waals surface area contributed by atoms with Crippen molar-refractivity contribution in [3.63, 3.8) is 0 Å². The van der Waals surface area contributed by atoms with E-state index in [1.807, 2.05) is 11.8 Å². The maximum Gasteiger partial charge on any atom is 0.320 e. The zero-order valence-electron chi connectivity index (χ0n) is 11.0. The molecule has 2 amide bonds. The highest BCUT2D eigenvalue weighted by atomic mass is 16.4. The Labute approximate surface area is 107 Å². The molecule has 2 saturated heterocycles. The summed E-state index contributed by atoms with van der Waals surface area (Å²) in [5.41, 5.74) is 0. The number of carbonyl (C=O) groups is 2. The number of carboxylic acids is 1.